The van der Waals surface area contributed by atoms with Gasteiger partial charge in [0, 0.05) is 19.4 Å². The SMILES string of the molecule is CC/C=C\C/C=C\C/C=C\C/C=C\C/C=C\C/C=C\CCCCCCC(=O)OC(COC(=O)CCCCCCC)COP(=O)(O)OCCN. The van der Waals surface area contributed by atoms with Gasteiger partial charge in [-0.25, -0.2) is 4.57 Å². The highest BCUT2D eigenvalue weighted by molar-refractivity contribution is 7.47. The highest BCUT2D eigenvalue weighted by atomic mass is 31.2. The van der Waals surface area contributed by atoms with E-state index in [2.05, 4.69) is 86.8 Å². The summed E-state index contributed by atoms with van der Waals surface area (Å²) in [5.41, 5.74) is 5.31. The van der Waals surface area contributed by atoms with Crippen LogP contribution >= 0.6 is 7.82 Å². The van der Waals surface area contributed by atoms with Crippen molar-refractivity contribution < 1.29 is 37.6 Å². The van der Waals surface area contributed by atoms with Gasteiger partial charge in [0.1, 0.15) is 6.61 Å². The number of phosphoric ester groups is 1. The van der Waals surface area contributed by atoms with E-state index in [-0.39, 0.29) is 32.6 Å². The minimum Gasteiger partial charge on any atom is -0.462 e. The van der Waals surface area contributed by atoms with E-state index in [1.54, 1.807) is 0 Å². The van der Waals surface area contributed by atoms with Crippen LogP contribution < -0.4 is 5.73 Å². The molecule has 0 heterocycles. The lowest BCUT2D eigenvalue weighted by molar-refractivity contribution is -0.161. The highest BCUT2D eigenvalue weighted by Crippen LogP contribution is 2.43. The molecule has 0 aromatic rings. The van der Waals surface area contributed by atoms with Crippen molar-refractivity contribution in [2.24, 2.45) is 5.73 Å². The minimum atomic E-state index is -4.37. The summed E-state index contributed by atoms with van der Waals surface area (Å²) in [5, 5.41) is 0. The van der Waals surface area contributed by atoms with Crippen LogP contribution in [0.4, 0.5) is 0 Å². The van der Waals surface area contributed by atoms with Gasteiger partial charge < -0.3 is 20.1 Å². The monoisotopic (exact) mass is 707 g/mol. The summed E-state index contributed by atoms with van der Waals surface area (Å²) in [7, 11) is -4.37. The first-order valence-electron chi connectivity index (χ1n) is 18.4. The van der Waals surface area contributed by atoms with Gasteiger partial charge in [-0.1, -0.05) is 125 Å². The van der Waals surface area contributed by atoms with Gasteiger partial charge in [0.05, 0.1) is 13.2 Å². The number of hydrogen-bond donors (Lipinski definition) is 2. The molecule has 0 aromatic heterocycles. The average Bonchev–Trinajstić information content (AvgIpc) is 3.08. The molecular formula is C39H66NO8P. The summed E-state index contributed by atoms with van der Waals surface area (Å²) in [6, 6.07) is 0. The van der Waals surface area contributed by atoms with E-state index in [0.29, 0.717) is 6.42 Å². The number of hydrogen-bond acceptors (Lipinski definition) is 8. The Hall–Kier alpha value is -2.55. The van der Waals surface area contributed by atoms with Gasteiger partial charge in [-0.3, -0.25) is 18.6 Å². The summed E-state index contributed by atoms with van der Waals surface area (Å²) in [4.78, 5) is 34.4. The molecule has 2 atom stereocenters. The summed E-state index contributed by atoms with van der Waals surface area (Å²) < 4.78 is 32.4. The van der Waals surface area contributed by atoms with Crippen molar-refractivity contribution in [2.45, 2.75) is 136 Å². The Morgan fingerprint density at radius 3 is 1.65 bits per heavy atom. The molecule has 0 aromatic carbocycles. The Balaban J connectivity index is 4.16. The third-order valence-electron chi connectivity index (χ3n) is 7.11. The molecule has 49 heavy (non-hydrogen) atoms. The number of carbonyl (C=O) groups is 2. The van der Waals surface area contributed by atoms with E-state index >= 15 is 0 Å². The number of ether oxygens (including phenoxy) is 2. The van der Waals surface area contributed by atoms with Crippen molar-refractivity contribution in [1.29, 1.82) is 0 Å². The zero-order valence-corrected chi connectivity index (χ0v) is 31.3. The number of carbonyl (C=O) groups excluding carboxylic acids is 2. The Morgan fingerprint density at radius 2 is 1.12 bits per heavy atom. The van der Waals surface area contributed by atoms with Crippen LogP contribution in [0.3, 0.4) is 0 Å². The number of unbranched alkanes of at least 4 members (excludes halogenated alkanes) is 8. The molecule has 0 fully saturated rings. The Kier molecular flexibility index (Phi) is 33.4. The van der Waals surface area contributed by atoms with Crippen LogP contribution in [-0.4, -0.2) is 49.3 Å². The number of allylic oxidation sites excluding steroid dienone is 12. The van der Waals surface area contributed by atoms with Crippen molar-refractivity contribution in [3.63, 3.8) is 0 Å². The number of nitrogens with two attached hydrogens (primary N) is 1. The van der Waals surface area contributed by atoms with E-state index in [1.807, 2.05) is 0 Å². The number of phosphoric acid groups is 1. The summed E-state index contributed by atoms with van der Waals surface area (Å²) in [5.74, 6) is -0.882. The summed E-state index contributed by atoms with van der Waals surface area (Å²) in [6.45, 7) is 3.45. The van der Waals surface area contributed by atoms with E-state index in [4.69, 9.17) is 24.3 Å². The third-order valence-corrected chi connectivity index (χ3v) is 8.09. The van der Waals surface area contributed by atoms with Crippen LogP contribution in [0.2, 0.25) is 0 Å². The molecule has 0 spiro atoms. The molecule has 0 aliphatic rings. The fourth-order valence-corrected chi connectivity index (χ4v) is 5.16. The van der Waals surface area contributed by atoms with Crippen LogP contribution in [0.25, 0.3) is 0 Å². The lowest BCUT2D eigenvalue weighted by Crippen LogP contribution is -2.29. The fraction of sp³-hybridized carbons (Fsp3) is 0.641. The lowest BCUT2D eigenvalue weighted by Gasteiger charge is -2.19. The predicted molar refractivity (Wildman–Crippen MR) is 201 cm³/mol. The Labute approximate surface area is 297 Å². The molecule has 3 N–H and O–H groups in total. The second kappa shape index (κ2) is 35.3. The molecule has 10 heteroatoms. The Morgan fingerprint density at radius 1 is 0.633 bits per heavy atom. The van der Waals surface area contributed by atoms with E-state index in [0.717, 1.165) is 96.3 Å². The van der Waals surface area contributed by atoms with Gasteiger partial charge >= 0.3 is 19.8 Å². The smallest absolute Gasteiger partial charge is 0.462 e. The zero-order valence-electron chi connectivity index (χ0n) is 30.4. The van der Waals surface area contributed by atoms with Gasteiger partial charge in [0.2, 0.25) is 0 Å². The standard InChI is InChI=1S/C39H66NO8P/c1-3-5-7-9-10-11-12-13-14-15-16-17-18-19-20-21-22-23-24-25-26-28-30-32-39(42)48-37(36-47-49(43,44)46-34-33-40)35-45-38(41)31-29-27-8-6-4-2/h5,7,10-11,13-14,16-17,19-20,22-23,37H,3-4,6,8-9,12,15,18,21,24-36,40H2,1-2H3,(H,43,44)/b7-5-,11-10-,14-13-,17-16-,20-19-,23-22-. The predicted octanol–water partition coefficient (Wildman–Crippen LogP) is 9.93. The molecule has 0 amide bonds. The van der Waals surface area contributed by atoms with Gasteiger partial charge in [-0.05, 0) is 64.2 Å². The van der Waals surface area contributed by atoms with Crippen LogP contribution in [0, 0.1) is 0 Å². The zero-order chi connectivity index (χ0) is 36.1. The Bertz CT molecular complexity index is 1030. The van der Waals surface area contributed by atoms with Crippen molar-refractivity contribution in [3.05, 3.63) is 72.9 Å². The molecule has 0 rings (SSSR count). The maximum Gasteiger partial charge on any atom is 0.472 e. The van der Waals surface area contributed by atoms with Gasteiger partial charge in [0.15, 0.2) is 6.10 Å². The maximum atomic E-state index is 12.5. The van der Waals surface area contributed by atoms with Gasteiger partial charge in [0.25, 0.3) is 0 Å². The first-order valence-corrected chi connectivity index (χ1v) is 19.9. The normalized spacial score (nSPS) is 14.3. The number of rotatable bonds is 33. The van der Waals surface area contributed by atoms with Crippen molar-refractivity contribution in [3.8, 4) is 0 Å². The van der Waals surface area contributed by atoms with Crippen LogP contribution in [-0.2, 0) is 32.7 Å². The van der Waals surface area contributed by atoms with E-state index in [1.165, 1.54) is 0 Å². The second-order valence-corrected chi connectivity index (χ2v) is 13.2. The average molecular weight is 708 g/mol. The summed E-state index contributed by atoms with van der Waals surface area (Å²) >= 11 is 0. The molecule has 0 saturated heterocycles. The fourth-order valence-electron chi connectivity index (χ4n) is 4.40. The topological polar surface area (TPSA) is 134 Å². The molecule has 0 bridgehead atoms. The molecule has 0 aliphatic carbocycles. The summed E-state index contributed by atoms with van der Waals surface area (Å²) in [6.07, 6.45) is 41.2. The van der Waals surface area contributed by atoms with Gasteiger partial charge in [-0.15, -0.1) is 0 Å². The van der Waals surface area contributed by atoms with Crippen LogP contribution in [0.5, 0.6) is 0 Å². The van der Waals surface area contributed by atoms with Crippen LogP contribution in [0.15, 0.2) is 72.9 Å². The van der Waals surface area contributed by atoms with Crippen LogP contribution in [0.1, 0.15) is 129 Å². The largest absolute Gasteiger partial charge is 0.472 e. The lowest BCUT2D eigenvalue weighted by atomic mass is 10.1. The maximum absolute atomic E-state index is 12.5. The van der Waals surface area contributed by atoms with E-state index in [9.17, 15) is 19.0 Å². The van der Waals surface area contributed by atoms with Crippen molar-refractivity contribution in [1.82, 2.24) is 0 Å². The first-order chi connectivity index (χ1) is 23.8. The first kappa shape index (κ1) is 46.5. The van der Waals surface area contributed by atoms with Gasteiger partial charge in [-0.2, -0.15) is 0 Å². The van der Waals surface area contributed by atoms with E-state index < -0.39 is 32.5 Å². The molecule has 9 nitrogen and oxygen atoms in total. The van der Waals surface area contributed by atoms with Crippen molar-refractivity contribution >= 4 is 19.8 Å². The highest BCUT2D eigenvalue weighted by Gasteiger charge is 2.25. The number of esters is 2. The molecule has 0 aliphatic heterocycles. The molecule has 2 unspecified atom stereocenters. The third kappa shape index (κ3) is 35.1. The minimum absolute atomic E-state index is 0.0452. The molecule has 0 radical (unpaired) electrons. The molecular weight excluding hydrogens is 641 g/mol. The molecule has 280 valence electrons. The molecule has 0 saturated carbocycles. The second-order valence-electron chi connectivity index (χ2n) is 11.7. The van der Waals surface area contributed by atoms with Crippen molar-refractivity contribution in [2.75, 3.05) is 26.4 Å². The quantitative estimate of drug-likeness (QED) is 0.0296.